The molecular formula is C29H36ClNO2. The summed E-state index contributed by atoms with van der Waals surface area (Å²) in [5, 5.41) is 9.62. The normalized spacial score (nSPS) is 11.5. The van der Waals surface area contributed by atoms with Crippen molar-refractivity contribution < 1.29 is 9.84 Å². The molecule has 0 fully saturated rings. The summed E-state index contributed by atoms with van der Waals surface area (Å²) in [7, 11) is 4.09. The third-order valence-electron chi connectivity index (χ3n) is 5.59. The zero-order valence-electron chi connectivity index (χ0n) is 20.1. The van der Waals surface area contributed by atoms with Crippen molar-refractivity contribution in [3.8, 4) is 11.5 Å². The summed E-state index contributed by atoms with van der Waals surface area (Å²) in [4.78, 5) is 2.11. The Morgan fingerprint density at radius 1 is 0.879 bits per heavy atom. The van der Waals surface area contributed by atoms with Gasteiger partial charge in [0, 0.05) is 6.54 Å². The predicted molar refractivity (Wildman–Crippen MR) is 142 cm³/mol. The van der Waals surface area contributed by atoms with E-state index in [0.29, 0.717) is 18.3 Å². The SMILES string of the molecule is CC(C)c1ccc(/C(=C/Cc2ccc(OCCN(C)C)cc2)Cc2ccc(O)cc2)cc1.Cl. The predicted octanol–water partition coefficient (Wildman–Crippen LogP) is 6.75. The molecule has 0 unspecified atom stereocenters. The van der Waals surface area contributed by atoms with Gasteiger partial charge in [0.25, 0.3) is 0 Å². The number of ether oxygens (including phenoxy) is 1. The summed E-state index contributed by atoms with van der Waals surface area (Å²) >= 11 is 0. The molecule has 0 radical (unpaired) electrons. The monoisotopic (exact) mass is 465 g/mol. The lowest BCUT2D eigenvalue weighted by molar-refractivity contribution is 0.261. The van der Waals surface area contributed by atoms with Gasteiger partial charge in [0.1, 0.15) is 18.1 Å². The Bertz CT molecular complexity index is 991. The second-order valence-electron chi connectivity index (χ2n) is 8.85. The molecule has 0 spiro atoms. The van der Waals surface area contributed by atoms with Crippen LogP contribution in [0, 0.1) is 0 Å². The molecule has 0 heterocycles. The first-order chi connectivity index (χ1) is 15.4. The number of hydrogen-bond acceptors (Lipinski definition) is 3. The lowest BCUT2D eigenvalue weighted by atomic mass is 9.93. The van der Waals surface area contributed by atoms with E-state index >= 15 is 0 Å². The standard InChI is InChI=1S/C29H35NO2.ClH/c1-22(2)25-11-13-26(14-12-25)27(21-24-6-15-28(31)16-7-24)10-5-23-8-17-29(18-9-23)32-20-19-30(3)4;/h6-18,22,31H,5,19-21H2,1-4H3;1H/b27-10+;. The molecule has 0 atom stereocenters. The maximum Gasteiger partial charge on any atom is 0.119 e. The van der Waals surface area contributed by atoms with Crippen LogP contribution in [0.5, 0.6) is 11.5 Å². The quantitative estimate of drug-likeness (QED) is 0.359. The van der Waals surface area contributed by atoms with Crippen molar-refractivity contribution in [2.24, 2.45) is 0 Å². The lowest BCUT2D eigenvalue weighted by Crippen LogP contribution is -2.19. The van der Waals surface area contributed by atoms with Crippen LogP contribution < -0.4 is 4.74 Å². The number of hydrogen-bond donors (Lipinski definition) is 1. The van der Waals surface area contributed by atoms with E-state index in [-0.39, 0.29) is 12.4 Å². The van der Waals surface area contributed by atoms with Gasteiger partial charge < -0.3 is 14.7 Å². The molecule has 0 aliphatic carbocycles. The van der Waals surface area contributed by atoms with E-state index in [1.54, 1.807) is 12.1 Å². The molecule has 0 aliphatic rings. The van der Waals surface area contributed by atoms with E-state index in [0.717, 1.165) is 25.1 Å². The molecule has 176 valence electrons. The number of aromatic hydroxyl groups is 1. The van der Waals surface area contributed by atoms with Crippen molar-refractivity contribution in [3.63, 3.8) is 0 Å². The minimum Gasteiger partial charge on any atom is -0.508 e. The minimum atomic E-state index is 0. The van der Waals surface area contributed by atoms with Crippen LogP contribution in [0.3, 0.4) is 0 Å². The molecule has 1 N–H and O–H groups in total. The number of nitrogens with zero attached hydrogens (tertiary/aromatic N) is 1. The van der Waals surface area contributed by atoms with E-state index in [9.17, 15) is 5.11 Å². The maximum atomic E-state index is 9.62. The van der Waals surface area contributed by atoms with Crippen LogP contribution in [0.1, 0.15) is 42.0 Å². The minimum absolute atomic E-state index is 0. The second kappa shape index (κ2) is 13.1. The Balaban J connectivity index is 0.00000385. The van der Waals surface area contributed by atoms with Crippen molar-refractivity contribution in [2.75, 3.05) is 27.2 Å². The van der Waals surface area contributed by atoms with Gasteiger partial charge in [-0.2, -0.15) is 0 Å². The number of allylic oxidation sites excluding steroid dienone is 2. The van der Waals surface area contributed by atoms with Gasteiger partial charge in [-0.05, 0) is 84.9 Å². The average molecular weight is 466 g/mol. The Morgan fingerprint density at radius 2 is 1.48 bits per heavy atom. The van der Waals surface area contributed by atoms with Gasteiger partial charge in [0.2, 0.25) is 0 Å². The molecule has 0 saturated carbocycles. The first kappa shape index (κ1) is 26.5. The number of rotatable bonds is 10. The highest BCUT2D eigenvalue weighted by molar-refractivity contribution is 5.85. The second-order valence-corrected chi connectivity index (χ2v) is 8.85. The summed E-state index contributed by atoms with van der Waals surface area (Å²) in [6.45, 7) is 6.03. The van der Waals surface area contributed by atoms with Crippen LogP contribution in [-0.2, 0) is 12.8 Å². The third kappa shape index (κ3) is 8.60. The number of halogens is 1. The highest BCUT2D eigenvalue weighted by Crippen LogP contribution is 2.25. The Kier molecular flexibility index (Phi) is 10.5. The van der Waals surface area contributed by atoms with Crippen LogP contribution in [0.25, 0.3) is 5.57 Å². The molecule has 0 bridgehead atoms. The van der Waals surface area contributed by atoms with Gasteiger partial charge in [-0.25, -0.2) is 0 Å². The van der Waals surface area contributed by atoms with Gasteiger partial charge in [-0.15, -0.1) is 12.4 Å². The van der Waals surface area contributed by atoms with Crippen LogP contribution in [0.15, 0.2) is 78.9 Å². The zero-order valence-corrected chi connectivity index (χ0v) is 20.9. The molecule has 0 aliphatic heterocycles. The van der Waals surface area contributed by atoms with Crippen molar-refractivity contribution in [3.05, 3.63) is 101 Å². The summed E-state index contributed by atoms with van der Waals surface area (Å²) in [5.74, 6) is 1.73. The van der Waals surface area contributed by atoms with Crippen molar-refractivity contribution >= 4 is 18.0 Å². The van der Waals surface area contributed by atoms with Gasteiger partial charge in [0.05, 0.1) is 0 Å². The molecule has 3 aromatic rings. The molecule has 4 heteroatoms. The number of phenolic OH excluding ortho intramolecular Hbond substituents is 1. The Labute approximate surface area is 205 Å². The fourth-order valence-electron chi connectivity index (χ4n) is 3.52. The molecule has 0 aromatic heterocycles. The fourth-order valence-corrected chi connectivity index (χ4v) is 3.52. The van der Waals surface area contributed by atoms with Crippen molar-refractivity contribution in [2.45, 2.75) is 32.6 Å². The van der Waals surface area contributed by atoms with E-state index in [4.69, 9.17) is 4.74 Å². The van der Waals surface area contributed by atoms with E-state index in [1.165, 1.54) is 27.8 Å². The van der Waals surface area contributed by atoms with Crippen LogP contribution in [-0.4, -0.2) is 37.3 Å². The number of likely N-dealkylation sites (N-methyl/N-ethyl adjacent to an activating group) is 1. The maximum absolute atomic E-state index is 9.62. The highest BCUT2D eigenvalue weighted by Gasteiger charge is 2.06. The summed E-state index contributed by atoms with van der Waals surface area (Å²) in [5.41, 5.74) is 6.32. The molecule has 3 nitrogen and oxygen atoms in total. The van der Waals surface area contributed by atoms with E-state index < -0.39 is 0 Å². The zero-order chi connectivity index (χ0) is 22.9. The van der Waals surface area contributed by atoms with Crippen LogP contribution in [0.2, 0.25) is 0 Å². The smallest absolute Gasteiger partial charge is 0.119 e. The van der Waals surface area contributed by atoms with Crippen LogP contribution in [0.4, 0.5) is 0 Å². The molecule has 0 saturated heterocycles. The highest BCUT2D eigenvalue weighted by atomic mass is 35.5. The van der Waals surface area contributed by atoms with E-state index in [2.05, 4.69) is 73.4 Å². The fraction of sp³-hybridized carbons (Fsp3) is 0.310. The third-order valence-corrected chi connectivity index (χ3v) is 5.59. The van der Waals surface area contributed by atoms with Crippen LogP contribution >= 0.6 is 12.4 Å². The molecule has 3 aromatic carbocycles. The van der Waals surface area contributed by atoms with Crippen molar-refractivity contribution in [1.82, 2.24) is 4.90 Å². The molecule has 3 rings (SSSR count). The Morgan fingerprint density at radius 3 is 2.06 bits per heavy atom. The van der Waals surface area contributed by atoms with Gasteiger partial charge >= 0.3 is 0 Å². The van der Waals surface area contributed by atoms with Gasteiger partial charge in [-0.3, -0.25) is 0 Å². The number of phenols is 1. The summed E-state index contributed by atoms with van der Waals surface area (Å²) < 4.78 is 5.81. The van der Waals surface area contributed by atoms with Crippen molar-refractivity contribution in [1.29, 1.82) is 0 Å². The molecule has 0 amide bonds. The number of benzene rings is 3. The summed E-state index contributed by atoms with van der Waals surface area (Å²) in [6, 6.07) is 24.8. The van der Waals surface area contributed by atoms with Gasteiger partial charge in [-0.1, -0.05) is 68.5 Å². The van der Waals surface area contributed by atoms with E-state index in [1.807, 2.05) is 26.2 Å². The summed E-state index contributed by atoms with van der Waals surface area (Å²) in [6.07, 6.45) is 4.00. The first-order valence-corrected chi connectivity index (χ1v) is 11.3. The largest absolute Gasteiger partial charge is 0.508 e. The molecule has 33 heavy (non-hydrogen) atoms. The lowest BCUT2D eigenvalue weighted by Gasteiger charge is -2.12. The van der Waals surface area contributed by atoms with Gasteiger partial charge in [0.15, 0.2) is 0 Å². The first-order valence-electron chi connectivity index (χ1n) is 11.3. The molecular weight excluding hydrogens is 430 g/mol. The Hall–Kier alpha value is -2.75. The topological polar surface area (TPSA) is 32.7 Å². The average Bonchev–Trinajstić information content (AvgIpc) is 2.78.